The Morgan fingerprint density at radius 2 is 2.08 bits per heavy atom. The highest BCUT2D eigenvalue weighted by Gasteiger charge is 2.31. The van der Waals surface area contributed by atoms with E-state index in [2.05, 4.69) is 0 Å². The molecule has 142 valence electrons. The molecule has 0 N–H and O–H groups in total. The summed E-state index contributed by atoms with van der Waals surface area (Å²) in [6.07, 6.45) is 1.70. The van der Waals surface area contributed by atoms with Crippen molar-refractivity contribution in [2.45, 2.75) is 26.3 Å². The number of ether oxygens (including phenoxy) is 3. The summed E-state index contributed by atoms with van der Waals surface area (Å²) in [6, 6.07) is 1.54. The summed E-state index contributed by atoms with van der Waals surface area (Å²) in [5, 5.41) is 0. The average Bonchev–Trinajstić information content (AvgIpc) is 3.11. The van der Waals surface area contributed by atoms with E-state index in [1.54, 1.807) is 13.0 Å². The molecule has 0 aliphatic carbocycles. The van der Waals surface area contributed by atoms with Crippen molar-refractivity contribution in [1.82, 2.24) is 4.57 Å². The van der Waals surface area contributed by atoms with Crippen LogP contribution < -0.4 is 0 Å². The number of sulfone groups is 1. The topological polar surface area (TPSA) is 101 Å². The van der Waals surface area contributed by atoms with Gasteiger partial charge in [0.2, 0.25) is 11.5 Å². The average molecular weight is 383 g/mol. The van der Waals surface area contributed by atoms with Crippen LogP contribution in [0.25, 0.3) is 0 Å². The van der Waals surface area contributed by atoms with Crippen molar-refractivity contribution >= 4 is 21.6 Å². The minimum atomic E-state index is -3.03. The molecule has 0 aromatic carbocycles. The van der Waals surface area contributed by atoms with Gasteiger partial charge in [-0.3, -0.25) is 4.79 Å². The van der Waals surface area contributed by atoms with E-state index in [0.29, 0.717) is 24.3 Å². The molecule has 9 heteroatoms. The van der Waals surface area contributed by atoms with Crippen LogP contribution in [0.15, 0.2) is 18.1 Å². The molecule has 0 bridgehead atoms. The normalized spacial score (nSPS) is 21.5. The minimum absolute atomic E-state index is 0.0642. The van der Waals surface area contributed by atoms with Crippen LogP contribution in [0, 0.1) is 13.8 Å². The van der Waals surface area contributed by atoms with Gasteiger partial charge in [0.15, 0.2) is 16.4 Å². The van der Waals surface area contributed by atoms with Gasteiger partial charge in [-0.1, -0.05) is 0 Å². The minimum Gasteiger partial charge on any atom is -0.493 e. The van der Waals surface area contributed by atoms with E-state index in [1.807, 2.05) is 11.5 Å². The summed E-state index contributed by atoms with van der Waals surface area (Å²) in [4.78, 5) is 24.3. The summed E-state index contributed by atoms with van der Waals surface area (Å²) >= 11 is 0. The molecule has 1 atom stereocenters. The summed E-state index contributed by atoms with van der Waals surface area (Å²) < 4.78 is 40.4. The lowest BCUT2D eigenvalue weighted by Crippen LogP contribution is -2.21. The lowest BCUT2D eigenvalue weighted by atomic mass is 10.1. The highest BCUT2D eigenvalue weighted by Crippen LogP contribution is 2.29. The number of aromatic nitrogens is 1. The molecule has 1 saturated heterocycles. The van der Waals surface area contributed by atoms with E-state index < -0.39 is 22.4 Å². The van der Waals surface area contributed by atoms with Crippen molar-refractivity contribution in [1.29, 1.82) is 0 Å². The van der Waals surface area contributed by atoms with E-state index in [-0.39, 0.29) is 35.7 Å². The molecule has 0 saturated carbocycles. The van der Waals surface area contributed by atoms with Crippen molar-refractivity contribution in [3.05, 3.63) is 35.0 Å². The van der Waals surface area contributed by atoms with Gasteiger partial charge < -0.3 is 18.8 Å². The molecule has 2 aliphatic rings. The number of rotatable bonds is 5. The maximum atomic E-state index is 12.5. The smallest absolute Gasteiger partial charge is 0.377 e. The third-order valence-corrected chi connectivity index (χ3v) is 6.29. The maximum absolute atomic E-state index is 12.5. The fraction of sp³-hybridized carbons (Fsp3) is 0.529. The van der Waals surface area contributed by atoms with Gasteiger partial charge in [0.1, 0.15) is 19.5 Å². The predicted octanol–water partition coefficient (Wildman–Crippen LogP) is 1.08. The molecule has 1 aromatic rings. The summed E-state index contributed by atoms with van der Waals surface area (Å²) in [6.45, 7) is 3.79. The number of nitrogens with zero attached hydrogens (tertiary/aromatic N) is 1. The Hall–Kier alpha value is -2.29. The monoisotopic (exact) mass is 383 g/mol. The zero-order valence-electron chi connectivity index (χ0n) is 14.7. The Labute approximate surface area is 151 Å². The number of aryl methyl sites for hydroxylation is 1. The summed E-state index contributed by atoms with van der Waals surface area (Å²) in [5.41, 5.74) is 1.92. The van der Waals surface area contributed by atoms with Crippen LogP contribution in [0.3, 0.4) is 0 Å². The molecule has 2 aliphatic heterocycles. The molecule has 3 heterocycles. The van der Waals surface area contributed by atoms with Crippen LogP contribution in [-0.4, -0.2) is 56.1 Å². The van der Waals surface area contributed by atoms with Gasteiger partial charge in [0, 0.05) is 23.0 Å². The molecular weight excluding hydrogens is 362 g/mol. The molecule has 8 nitrogen and oxygen atoms in total. The number of carbonyl (C=O) groups excluding carboxylic acids is 2. The Morgan fingerprint density at radius 1 is 1.31 bits per heavy atom. The number of ketones is 1. The van der Waals surface area contributed by atoms with Crippen LogP contribution in [0.1, 0.15) is 34.2 Å². The van der Waals surface area contributed by atoms with Crippen LogP contribution >= 0.6 is 0 Å². The largest absolute Gasteiger partial charge is 0.493 e. The molecule has 0 radical (unpaired) electrons. The second-order valence-electron chi connectivity index (χ2n) is 6.41. The maximum Gasteiger partial charge on any atom is 0.377 e. The highest BCUT2D eigenvalue weighted by atomic mass is 32.2. The standard InChI is InChI=1S/C17H21NO7S/c1-11-7-14(12(2)18(11)13-3-6-26(21,22)10-13)15(19)8-25-17(20)16-9-23-4-5-24-16/h7,9,13H,3-6,8,10H2,1-2H3/t13-/m0/s1. The van der Waals surface area contributed by atoms with Gasteiger partial charge in [-0.05, 0) is 26.3 Å². The quantitative estimate of drug-likeness (QED) is 0.554. The van der Waals surface area contributed by atoms with Crippen molar-refractivity contribution in [2.24, 2.45) is 0 Å². The second-order valence-corrected chi connectivity index (χ2v) is 8.64. The van der Waals surface area contributed by atoms with Gasteiger partial charge in [0.05, 0.1) is 11.5 Å². The van der Waals surface area contributed by atoms with E-state index in [9.17, 15) is 18.0 Å². The Balaban J connectivity index is 1.69. The summed E-state index contributed by atoms with van der Waals surface area (Å²) in [5.74, 6) is -0.931. The molecule has 0 unspecified atom stereocenters. The van der Waals surface area contributed by atoms with Gasteiger partial charge in [0.25, 0.3) is 0 Å². The van der Waals surface area contributed by atoms with Gasteiger partial charge >= 0.3 is 5.97 Å². The van der Waals surface area contributed by atoms with Gasteiger partial charge in [-0.15, -0.1) is 0 Å². The van der Waals surface area contributed by atoms with E-state index in [1.165, 1.54) is 6.26 Å². The molecule has 3 rings (SSSR count). The number of esters is 1. The summed E-state index contributed by atoms with van der Waals surface area (Å²) in [7, 11) is -3.03. The lowest BCUT2D eigenvalue weighted by Gasteiger charge is -2.16. The van der Waals surface area contributed by atoms with Crippen molar-refractivity contribution < 1.29 is 32.2 Å². The number of Topliss-reactive ketones (excluding diaryl/α,β-unsaturated/α-hetero) is 1. The Kier molecular flexibility index (Phi) is 5.08. The zero-order valence-corrected chi connectivity index (χ0v) is 15.5. The molecule has 1 aromatic heterocycles. The number of carbonyl (C=O) groups is 2. The second kappa shape index (κ2) is 7.14. The molecule has 0 spiro atoms. The van der Waals surface area contributed by atoms with Crippen LogP contribution in [0.2, 0.25) is 0 Å². The number of hydrogen-bond acceptors (Lipinski definition) is 7. The molecule has 1 fully saturated rings. The SMILES string of the molecule is Cc1cc(C(=O)COC(=O)C2=COCCO2)c(C)n1[C@H]1CCS(=O)(=O)C1. The first kappa shape index (κ1) is 18.5. The van der Waals surface area contributed by atoms with Gasteiger partial charge in [-0.25, -0.2) is 13.2 Å². The fourth-order valence-corrected chi connectivity index (χ4v) is 5.06. The molecule has 26 heavy (non-hydrogen) atoms. The van der Waals surface area contributed by atoms with Crippen LogP contribution in [0.4, 0.5) is 0 Å². The highest BCUT2D eigenvalue weighted by molar-refractivity contribution is 7.91. The van der Waals surface area contributed by atoms with E-state index in [0.717, 1.165) is 5.69 Å². The third-order valence-electron chi connectivity index (χ3n) is 4.54. The van der Waals surface area contributed by atoms with Crippen LogP contribution in [0.5, 0.6) is 0 Å². The number of hydrogen-bond donors (Lipinski definition) is 0. The van der Waals surface area contributed by atoms with Gasteiger partial charge in [-0.2, -0.15) is 0 Å². The first-order valence-electron chi connectivity index (χ1n) is 8.32. The third kappa shape index (κ3) is 3.77. The fourth-order valence-electron chi connectivity index (χ4n) is 3.36. The lowest BCUT2D eigenvalue weighted by molar-refractivity contribution is -0.143. The predicted molar refractivity (Wildman–Crippen MR) is 91.5 cm³/mol. The zero-order chi connectivity index (χ0) is 18.9. The first-order chi connectivity index (χ1) is 12.3. The first-order valence-corrected chi connectivity index (χ1v) is 10.1. The molecular formula is C17H21NO7S. The Morgan fingerprint density at radius 3 is 2.69 bits per heavy atom. The Bertz CT molecular complexity index is 866. The molecule has 0 amide bonds. The van der Waals surface area contributed by atoms with Crippen molar-refractivity contribution in [3.63, 3.8) is 0 Å². The van der Waals surface area contributed by atoms with E-state index >= 15 is 0 Å². The van der Waals surface area contributed by atoms with Crippen molar-refractivity contribution in [3.8, 4) is 0 Å². The van der Waals surface area contributed by atoms with Crippen LogP contribution in [-0.2, 0) is 28.8 Å². The van der Waals surface area contributed by atoms with Crippen molar-refractivity contribution in [2.75, 3.05) is 31.3 Å². The van der Waals surface area contributed by atoms with E-state index in [4.69, 9.17) is 14.2 Å².